The second-order valence-corrected chi connectivity index (χ2v) is 7.77. The van der Waals surface area contributed by atoms with Gasteiger partial charge in [-0.3, -0.25) is 19.3 Å². The van der Waals surface area contributed by atoms with Crippen molar-refractivity contribution in [3.63, 3.8) is 0 Å². The Bertz CT molecular complexity index is 963. The summed E-state index contributed by atoms with van der Waals surface area (Å²) in [5.74, 6) is -0.658. The van der Waals surface area contributed by atoms with Gasteiger partial charge in [0, 0.05) is 37.2 Å². The number of amides is 3. The molecule has 0 unspecified atom stereocenters. The van der Waals surface area contributed by atoms with Crippen LogP contribution < -0.4 is 5.73 Å². The molecule has 0 radical (unpaired) electrons. The van der Waals surface area contributed by atoms with Crippen LogP contribution in [0.4, 0.5) is 0 Å². The molecule has 2 aliphatic rings. The quantitative estimate of drug-likeness (QED) is 0.743. The highest BCUT2D eigenvalue weighted by Crippen LogP contribution is 2.29. The molecule has 0 saturated carbocycles. The summed E-state index contributed by atoms with van der Waals surface area (Å²) in [6.45, 7) is 3.42. The predicted molar refractivity (Wildman–Crippen MR) is 117 cm³/mol. The molecule has 2 N–H and O–H groups in total. The number of nitrogens with two attached hydrogens (primary N) is 1. The molecule has 0 spiro atoms. The fraction of sp³-hybridized carbons (Fsp3) is 0.348. The first-order valence-corrected chi connectivity index (χ1v) is 10.1. The van der Waals surface area contributed by atoms with Crippen molar-refractivity contribution >= 4 is 30.1 Å². The maximum Gasteiger partial charge on any atom is 0.261 e. The number of unbranched alkanes of at least 4 members (excludes halogenated alkanes) is 1. The van der Waals surface area contributed by atoms with Crippen molar-refractivity contribution in [2.75, 3.05) is 19.6 Å². The second kappa shape index (κ2) is 8.98. The Hall–Kier alpha value is -2.70. The van der Waals surface area contributed by atoms with E-state index in [2.05, 4.69) is 0 Å². The highest BCUT2D eigenvalue weighted by molar-refractivity contribution is 6.22. The molecule has 2 aliphatic heterocycles. The van der Waals surface area contributed by atoms with E-state index < -0.39 is 0 Å². The van der Waals surface area contributed by atoms with Crippen molar-refractivity contribution < 1.29 is 14.4 Å². The molecule has 7 heteroatoms. The number of imide groups is 1. The summed E-state index contributed by atoms with van der Waals surface area (Å²) in [5, 5.41) is 0. The Morgan fingerprint density at radius 2 is 1.73 bits per heavy atom. The summed E-state index contributed by atoms with van der Waals surface area (Å²) >= 11 is 0. The van der Waals surface area contributed by atoms with E-state index in [9.17, 15) is 14.4 Å². The summed E-state index contributed by atoms with van der Waals surface area (Å²) in [7, 11) is 0. The Kier molecular flexibility index (Phi) is 6.58. The van der Waals surface area contributed by atoms with Crippen molar-refractivity contribution in [2.24, 2.45) is 5.73 Å². The average molecular weight is 428 g/mol. The lowest BCUT2D eigenvalue weighted by molar-refractivity contribution is 0.0652. The van der Waals surface area contributed by atoms with E-state index in [1.807, 2.05) is 37.3 Å². The van der Waals surface area contributed by atoms with Gasteiger partial charge in [0.15, 0.2) is 0 Å². The van der Waals surface area contributed by atoms with E-state index in [1.165, 1.54) is 4.90 Å². The SMILES string of the molecule is CCCCN1C(=O)c2ccc(C(=O)N3C[C@@H](N)[C@H](c4ccccc4)C3)cc2C1=O.Cl. The molecule has 4 rings (SSSR count). The molecule has 2 aromatic rings. The number of likely N-dealkylation sites (tertiary alicyclic amines) is 1. The molecular formula is C23H26ClN3O3. The molecule has 6 nitrogen and oxygen atoms in total. The molecular weight excluding hydrogens is 402 g/mol. The highest BCUT2D eigenvalue weighted by atomic mass is 35.5. The third-order valence-corrected chi connectivity index (χ3v) is 5.83. The zero-order valence-corrected chi connectivity index (χ0v) is 17.7. The largest absolute Gasteiger partial charge is 0.336 e. The van der Waals surface area contributed by atoms with E-state index in [-0.39, 0.29) is 42.1 Å². The third kappa shape index (κ3) is 3.85. The van der Waals surface area contributed by atoms with E-state index in [1.54, 1.807) is 23.1 Å². The number of rotatable bonds is 5. The maximum atomic E-state index is 13.1. The van der Waals surface area contributed by atoms with Gasteiger partial charge < -0.3 is 10.6 Å². The summed E-state index contributed by atoms with van der Waals surface area (Å²) in [5.41, 5.74) is 8.55. The Morgan fingerprint density at radius 3 is 2.43 bits per heavy atom. The fourth-order valence-corrected chi connectivity index (χ4v) is 4.17. The van der Waals surface area contributed by atoms with Gasteiger partial charge in [-0.2, -0.15) is 0 Å². The number of nitrogens with zero attached hydrogens (tertiary/aromatic N) is 2. The molecule has 2 atom stereocenters. The summed E-state index contributed by atoms with van der Waals surface area (Å²) in [6, 6.07) is 14.6. The van der Waals surface area contributed by atoms with Crippen LogP contribution in [0.1, 0.15) is 62.3 Å². The van der Waals surface area contributed by atoms with Gasteiger partial charge in [-0.15, -0.1) is 12.4 Å². The molecule has 2 aromatic carbocycles. The minimum absolute atomic E-state index is 0. The van der Waals surface area contributed by atoms with Crippen LogP contribution in [0.3, 0.4) is 0 Å². The lowest BCUT2D eigenvalue weighted by atomic mass is 9.95. The molecule has 0 bridgehead atoms. The van der Waals surface area contributed by atoms with Crippen LogP contribution in [-0.4, -0.2) is 53.2 Å². The number of hydrogen-bond donors (Lipinski definition) is 1. The monoisotopic (exact) mass is 427 g/mol. The van der Waals surface area contributed by atoms with Gasteiger partial charge in [-0.05, 0) is 30.2 Å². The number of halogens is 1. The molecule has 30 heavy (non-hydrogen) atoms. The average Bonchev–Trinajstić information content (AvgIpc) is 3.24. The van der Waals surface area contributed by atoms with Gasteiger partial charge in [0.1, 0.15) is 0 Å². The van der Waals surface area contributed by atoms with Crippen molar-refractivity contribution in [3.05, 3.63) is 70.8 Å². The normalized spacial score (nSPS) is 20.3. The molecule has 3 amide bonds. The molecule has 1 saturated heterocycles. The number of benzene rings is 2. The lowest BCUT2D eigenvalue weighted by Gasteiger charge is -2.17. The van der Waals surface area contributed by atoms with Crippen LogP contribution in [0.5, 0.6) is 0 Å². The number of fused-ring (bicyclic) bond motifs is 1. The second-order valence-electron chi connectivity index (χ2n) is 7.77. The Balaban J connectivity index is 0.00000256. The number of hydrogen-bond acceptors (Lipinski definition) is 4. The van der Waals surface area contributed by atoms with Crippen LogP contribution in [0.2, 0.25) is 0 Å². The minimum atomic E-state index is -0.312. The summed E-state index contributed by atoms with van der Waals surface area (Å²) in [4.78, 5) is 41.2. The Labute approximate surface area is 182 Å². The first kappa shape index (κ1) is 22.0. The standard InChI is InChI=1S/C23H25N3O3.ClH/c1-2-3-11-26-22(28)17-10-9-16(12-18(17)23(26)29)21(27)25-13-19(20(24)14-25)15-7-5-4-6-8-15;/h4-10,12,19-20H,2-3,11,13-14,24H2,1H3;1H/t19-,20+;/m0./s1. The summed E-state index contributed by atoms with van der Waals surface area (Å²) < 4.78 is 0. The van der Waals surface area contributed by atoms with Crippen molar-refractivity contribution in [1.29, 1.82) is 0 Å². The van der Waals surface area contributed by atoms with Gasteiger partial charge in [-0.25, -0.2) is 0 Å². The predicted octanol–water partition coefficient (Wildman–Crippen LogP) is 3.07. The zero-order valence-electron chi connectivity index (χ0n) is 16.9. The Morgan fingerprint density at radius 1 is 1.03 bits per heavy atom. The van der Waals surface area contributed by atoms with Gasteiger partial charge in [0.2, 0.25) is 0 Å². The fourth-order valence-electron chi connectivity index (χ4n) is 4.17. The minimum Gasteiger partial charge on any atom is -0.336 e. The first-order valence-electron chi connectivity index (χ1n) is 10.1. The zero-order chi connectivity index (χ0) is 20.5. The van der Waals surface area contributed by atoms with Crippen molar-refractivity contribution in [3.8, 4) is 0 Å². The number of carbonyl (C=O) groups excluding carboxylic acids is 3. The van der Waals surface area contributed by atoms with E-state index in [0.717, 1.165) is 18.4 Å². The smallest absolute Gasteiger partial charge is 0.261 e. The van der Waals surface area contributed by atoms with Gasteiger partial charge >= 0.3 is 0 Å². The van der Waals surface area contributed by atoms with Crippen LogP contribution in [-0.2, 0) is 0 Å². The third-order valence-electron chi connectivity index (χ3n) is 5.83. The molecule has 0 aliphatic carbocycles. The summed E-state index contributed by atoms with van der Waals surface area (Å²) in [6.07, 6.45) is 1.67. The van der Waals surface area contributed by atoms with Crippen molar-refractivity contribution in [2.45, 2.75) is 31.7 Å². The van der Waals surface area contributed by atoms with Crippen molar-refractivity contribution in [1.82, 2.24) is 9.80 Å². The van der Waals surface area contributed by atoms with Crippen LogP contribution in [0.25, 0.3) is 0 Å². The molecule has 1 fully saturated rings. The molecule has 158 valence electrons. The van der Waals surface area contributed by atoms with Gasteiger partial charge in [0.25, 0.3) is 17.7 Å². The molecule has 2 heterocycles. The van der Waals surface area contributed by atoms with Gasteiger partial charge in [0.05, 0.1) is 11.1 Å². The van der Waals surface area contributed by atoms with E-state index in [0.29, 0.717) is 36.3 Å². The maximum absolute atomic E-state index is 13.1. The molecule has 0 aromatic heterocycles. The topological polar surface area (TPSA) is 83.7 Å². The first-order chi connectivity index (χ1) is 14.0. The van der Waals surface area contributed by atoms with E-state index >= 15 is 0 Å². The lowest BCUT2D eigenvalue weighted by Crippen LogP contribution is -2.32. The highest BCUT2D eigenvalue weighted by Gasteiger charge is 2.37. The van der Waals surface area contributed by atoms with Crippen LogP contribution >= 0.6 is 12.4 Å². The van der Waals surface area contributed by atoms with E-state index in [4.69, 9.17) is 5.73 Å². The number of carbonyl (C=O) groups is 3. The van der Waals surface area contributed by atoms with Gasteiger partial charge in [-0.1, -0.05) is 43.7 Å². The van der Waals surface area contributed by atoms with Crippen LogP contribution in [0.15, 0.2) is 48.5 Å². The van der Waals surface area contributed by atoms with Crippen LogP contribution in [0, 0.1) is 0 Å².